The highest BCUT2D eigenvalue weighted by molar-refractivity contribution is 5.16. The molecule has 0 bridgehead atoms. The van der Waals surface area contributed by atoms with Gasteiger partial charge in [-0.2, -0.15) is 0 Å². The van der Waals surface area contributed by atoms with Gasteiger partial charge < -0.3 is 10.1 Å². The van der Waals surface area contributed by atoms with E-state index in [9.17, 15) is 0 Å². The molecule has 2 heterocycles. The van der Waals surface area contributed by atoms with Gasteiger partial charge >= 0.3 is 0 Å². The first-order chi connectivity index (χ1) is 8.36. The maximum absolute atomic E-state index is 5.43. The van der Waals surface area contributed by atoms with Crippen molar-refractivity contribution in [3.05, 3.63) is 11.4 Å². The summed E-state index contributed by atoms with van der Waals surface area (Å²) in [5.41, 5.74) is 2.43. The van der Waals surface area contributed by atoms with Crippen molar-refractivity contribution >= 4 is 0 Å². The molecule has 2 rings (SSSR count). The molecule has 0 amide bonds. The Morgan fingerprint density at radius 3 is 2.82 bits per heavy atom. The molecule has 0 unspecified atom stereocenters. The Morgan fingerprint density at radius 1 is 1.41 bits per heavy atom. The number of aryl methyl sites for hydroxylation is 1. The molecule has 1 aromatic heterocycles. The average molecular weight is 238 g/mol. The van der Waals surface area contributed by atoms with E-state index in [1.807, 2.05) is 7.05 Å². The van der Waals surface area contributed by atoms with Gasteiger partial charge in [-0.1, -0.05) is 12.1 Å². The topological polar surface area (TPSA) is 52.0 Å². The fourth-order valence-corrected chi connectivity index (χ4v) is 2.44. The van der Waals surface area contributed by atoms with Gasteiger partial charge in [-0.15, -0.1) is 5.10 Å². The first-order valence-electron chi connectivity index (χ1n) is 6.51. The van der Waals surface area contributed by atoms with Crippen LogP contribution >= 0.6 is 0 Å². The van der Waals surface area contributed by atoms with Gasteiger partial charge in [0.25, 0.3) is 0 Å². The van der Waals surface area contributed by atoms with Gasteiger partial charge in [0.05, 0.1) is 11.4 Å². The van der Waals surface area contributed by atoms with E-state index in [-0.39, 0.29) is 0 Å². The summed E-state index contributed by atoms with van der Waals surface area (Å²) < 4.78 is 7.52. The van der Waals surface area contributed by atoms with E-state index >= 15 is 0 Å². The number of rotatable bonds is 5. The lowest BCUT2D eigenvalue weighted by molar-refractivity contribution is 0.0832. The van der Waals surface area contributed by atoms with Gasteiger partial charge in [0, 0.05) is 32.2 Å². The van der Waals surface area contributed by atoms with E-state index in [1.165, 1.54) is 5.69 Å². The molecule has 0 aliphatic carbocycles. The van der Waals surface area contributed by atoms with Crippen LogP contribution in [0.15, 0.2) is 0 Å². The van der Waals surface area contributed by atoms with Gasteiger partial charge in [0.2, 0.25) is 0 Å². The molecule has 1 aromatic rings. The van der Waals surface area contributed by atoms with Crippen molar-refractivity contribution in [2.45, 2.75) is 45.2 Å². The Hall–Kier alpha value is -0.940. The van der Waals surface area contributed by atoms with Crippen molar-refractivity contribution in [2.75, 3.05) is 20.3 Å². The molecule has 0 atom stereocenters. The standard InChI is InChI=1S/C12H22N4O/c1-3-6-16-12(10-4-7-17-8-5-10)11(9-13-2)14-15-16/h10,13H,3-9H2,1-2H3. The summed E-state index contributed by atoms with van der Waals surface area (Å²) >= 11 is 0. The van der Waals surface area contributed by atoms with Gasteiger partial charge in [-0.3, -0.25) is 0 Å². The van der Waals surface area contributed by atoms with Crippen LogP contribution in [-0.2, 0) is 17.8 Å². The number of aromatic nitrogens is 3. The lowest BCUT2D eigenvalue weighted by Crippen LogP contribution is -2.20. The Bertz CT molecular complexity index is 321. The SMILES string of the molecule is CCCn1nnc(CNC)c1C1CCOCC1. The Balaban J connectivity index is 2.22. The molecule has 0 radical (unpaired) electrons. The van der Waals surface area contributed by atoms with Gasteiger partial charge in [0.15, 0.2) is 0 Å². The molecule has 1 fully saturated rings. The lowest BCUT2D eigenvalue weighted by Gasteiger charge is -2.23. The second-order valence-electron chi connectivity index (χ2n) is 4.56. The van der Waals surface area contributed by atoms with Crippen molar-refractivity contribution < 1.29 is 4.74 Å². The summed E-state index contributed by atoms with van der Waals surface area (Å²) in [7, 11) is 1.95. The first kappa shape index (κ1) is 12.5. The molecule has 96 valence electrons. The maximum atomic E-state index is 5.43. The average Bonchev–Trinajstić information content (AvgIpc) is 2.74. The molecule has 1 N–H and O–H groups in total. The lowest BCUT2D eigenvalue weighted by atomic mass is 9.94. The van der Waals surface area contributed by atoms with Crippen molar-refractivity contribution in [1.82, 2.24) is 20.3 Å². The highest BCUT2D eigenvalue weighted by atomic mass is 16.5. The molecule has 5 nitrogen and oxygen atoms in total. The maximum Gasteiger partial charge on any atom is 0.0999 e. The Labute approximate surface area is 103 Å². The van der Waals surface area contributed by atoms with Crippen LogP contribution < -0.4 is 5.32 Å². The zero-order valence-electron chi connectivity index (χ0n) is 10.8. The summed E-state index contributed by atoms with van der Waals surface area (Å²) in [6, 6.07) is 0. The number of hydrogen-bond acceptors (Lipinski definition) is 4. The number of hydrogen-bond donors (Lipinski definition) is 1. The highest BCUT2D eigenvalue weighted by Crippen LogP contribution is 2.28. The van der Waals surface area contributed by atoms with Crippen LogP contribution in [0.3, 0.4) is 0 Å². The van der Waals surface area contributed by atoms with Crippen LogP contribution in [0.25, 0.3) is 0 Å². The largest absolute Gasteiger partial charge is 0.381 e. The molecule has 1 saturated heterocycles. The molecule has 5 heteroatoms. The van der Waals surface area contributed by atoms with Crippen LogP contribution in [-0.4, -0.2) is 35.3 Å². The van der Waals surface area contributed by atoms with Crippen molar-refractivity contribution in [2.24, 2.45) is 0 Å². The van der Waals surface area contributed by atoms with Gasteiger partial charge in [-0.05, 0) is 26.3 Å². The molecule has 0 spiro atoms. The quantitative estimate of drug-likeness (QED) is 0.840. The Morgan fingerprint density at radius 2 is 2.18 bits per heavy atom. The minimum atomic E-state index is 0.564. The number of nitrogens with zero attached hydrogens (tertiary/aromatic N) is 3. The predicted octanol–water partition coefficient (Wildman–Crippen LogP) is 1.30. The van der Waals surface area contributed by atoms with Crippen LogP contribution in [0, 0.1) is 0 Å². The smallest absolute Gasteiger partial charge is 0.0999 e. The monoisotopic (exact) mass is 238 g/mol. The Kier molecular flexibility index (Phi) is 4.50. The van der Waals surface area contributed by atoms with Crippen LogP contribution in [0.5, 0.6) is 0 Å². The summed E-state index contributed by atoms with van der Waals surface area (Å²) in [6.07, 6.45) is 3.28. The van der Waals surface area contributed by atoms with Crippen LogP contribution in [0.2, 0.25) is 0 Å². The van der Waals surface area contributed by atoms with Crippen molar-refractivity contribution in [1.29, 1.82) is 0 Å². The van der Waals surface area contributed by atoms with E-state index in [2.05, 4.69) is 27.2 Å². The summed E-state index contributed by atoms with van der Waals surface area (Å²) in [5.74, 6) is 0.564. The second-order valence-corrected chi connectivity index (χ2v) is 4.56. The third-order valence-corrected chi connectivity index (χ3v) is 3.23. The number of nitrogens with one attached hydrogen (secondary N) is 1. The first-order valence-corrected chi connectivity index (χ1v) is 6.51. The summed E-state index contributed by atoms with van der Waals surface area (Å²) in [6.45, 7) is 5.66. The van der Waals surface area contributed by atoms with Crippen molar-refractivity contribution in [3.8, 4) is 0 Å². The molecule has 1 aliphatic heterocycles. The van der Waals surface area contributed by atoms with E-state index in [1.54, 1.807) is 0 Å². The fraction of sp³-hybridized carbons (Fsp3) is 0.833. The van der Waals surface area contributed by atoms with E-state index in [4.69, 9.17) is 4.74 Å². The zero-order valence-corrected chi connectivity index (χ0v) is 10.8. The summed E-state index contributed by atoms with van der Waals surface area (Å²) in [5, 5.41) is 11.8. The number of ether oxygens (including phenoxy) is 1. The van der Waals surface area contributed by atoms with Crippen molar-refractivity contribution in [3.63, 3.8) is 0 Å². The molecular formula is C12H22N4O. The second kappa shape index (κ2) is 6.12. The molecule has 17 heavy (non-hydrogen) atoms. The van der Waals surface area contributed by atoms with Gasteiger partial charge in [-0.25, -0.2) is 4.68 Å². The third-order valence-electron chi connectivity index (χ3n) is 3.23. The minimum Gasteiger partial charge on any atom is -0.381 e. The van der Waals surface area contributed by atoms with Crippen LogP contribution in [0.4, 0.5) is 0 Å². The molecule has 1 aliphatic rings. The minimum absolute atomic E-state index is 0.564. The summed E-state index contributed by atoms with van der Waals surface area (Å²) in [4.78, 5) is 0. The van der Waals surface area contributed by atoms with E-state index in [0.717, 1.165) is 51.3 Å². The zero-order chi connectivity index (χ0) is 12.1. The van der Waals surface area contributed by atoms with Gasteiger partial charge in [0.1, 0.15) is 0 Å². The third kappa shape index (κ3) is 2.84. The fourth-order valence-electron chi connectivity index (χ4n) is 2.44. The molecule has 0 aromatic carbocycles. The normalized spacial score (nSPS) is 17.5. The van der Waals surface area contributed by atoms with Crippen LogP contribution in [0.1, 0.15) is 43.5 Å². The molecule has 0 saturated carbocycles. The van der Waals surface area contributed by atoms with E-state index in [0.29, 0.717) is 5.92 Å². The molecular weight excluding hydrogens is 216 g/mol. The highest BCUT2D eigenvalue weighted by Gasteiger charge is 2.24. The van der Waals surface area contributed by atoms with E-state index < -0.39 is 0 Å². The predicted molar refractivity (Wildman–Crippen MR) is 65.9 cm³/mol.